The van der Waals surface area contributed by atoms with Gasteiger partial charge in [0.05, 0.1) is 5.56 Å². The SMILES string of the molecule is CNc1ncnc(OCc2ccc(Br)cc2)c1C(C)C. The Balaban J connectivity index is 2.18. The molecule has 5 heteroatoms. The first-order valence-electron chi connectivity index (χ1n) is 6.51. The van der Waals surface area contributed by atoms with Crippen molar-refractivity contribution >= 4 is 21.7 Å². The molecule has 2 aromatic rings. The average molecular weight is 336 g/mol. The van der Waals surface area contributed by atoms with Crippen molar-refractivity contribution in [1.29, 1.82) is 0 Å². The summed E-state index contributed by atoms with van der Waals surface area (Å²) in [5.41, 5.74) is 2.11. The summed E-state index contributed by atoms with van der Waals surface area (Å²) in [4.78, 5) is 8.50. The predicted octanol–water partition coefficient (Wildman–Crippen LogP) is 3.98. The molecule has 1 heterocycles. The van der Waals surface area contributed by atoms with Gasteiger partial charge in [0, 0.05) is 11.5 Å². The Kier molecular flexibility index (Phi) is 4.95. The highest BCUT2D eigenvalue weighted by Gasteiger charge is 2.15. The zero-order chi connectivity index (χ0) is 14.5. The Bertz CT molecular complexity index is 570. The lowest BCUT2D eigenvalue weighted by Gasteiger charge is -2.15. The lowest BCUT2D eigenvalue weighted by Crippen LogP contribution is -2.07. The van der Waals surface area contributed by atoms with E-state index >= 15 is 0 Å². The number of aromatic nitrogens is 2. The summed E-state index contributed by atoms with van der Waals surface area (Å²) < 4.78 is 6.92. The third kappa shape index (κ3) is 3.48. The van der Waals surface area contributed by atoms with E-state index in [2.05, 4.69) is 45.1 Å². The molecule has 20 heavy (non-hydrogen) atoms. The van der Waals surface area contributed by atoms with Gasteiger partial charge in [0.2, 0.25) is 5.88 Å². The Labute approximate surface area is 127 Å². The van der Waals surface area contributed by atoms with Crippen LogP contribution in [0.5, 0.6) is 5.88 Å². The number of nitrogens with one attached hydrogen (secondary N) is 1. The topological polar surface area (TPSA) is 47.0 Å². The fourth-order valence-corrected chi connectivity index (χ4v) is 2.21. The number of rotatable bonds is 5. The second-order valence-electron chi connectivity index (χ2n) is 4.76. The van der Waals surface area contributed by atoms with E-state index in [1.54, 1.807) is 0 Å². The van der Waals surface area contributed by atoms with Gasteiger partial charge in [0.1, 0.15) is 18.8 Å². The van der Waals surface area contributed by atoms with Gasteiger partial charge in [-0.05, 0) is 23.6 Å². The molecule has 1 aromatic carbocycles. The third-order valence-corrected chi connectivity index (χ3v) is 3.48. The summed E-state index contributed by atoms with van der Waals surface area (Å²) in [6.45, 7) is 4.70. The minimum Gasteiger partial charge on any atom is -0.472 e. The van der Waals surface area contributed by atoms with E-state index in [-0.39, 0.29) is 0 Å². The van der Waals surface area contributed by atoms with Crippen molar-refractivity contribution in [3.05, 3.63) is 46.2 Å². The molecule has 106 valence electrons. The first-order chi connectivity index (χ1) is 9.61. The smallest absolute Gasteiger partial charge is 0.222 e. The zero-order valence-electron chi connectivity index (χ0n) is 11.9. The normalized spacial score (nSPS) is 10.7. The second kappa shape index (κ2) is 6.70. The largest absolute Gasteiger partial charge is 0.472 e. The zero-order valence-corrected chi connectivity index (χ0v) is 13.4. The molecule has 0 aliphatic carbocycles. The van der Waals surface area contributed by atoms with Crippen LogP contribution in [0.15, 0.2) is 35.1 Å². The van der Waals surface area contributed by atoms with E-state index in [0.29, 0.717) is 18.4 Å². The van der Waals surface area contributed by atoms with Crippen molar-refractivity contribution in [2.45, 2.75) is 26.4 Å². The van der Waals surface area contributed by atoms with Crippen LogP contribution in [0.1, 0.15) is 30.9 Å². The highest BCUT2D eigenvalue weighted by Crippen LogP contribution is 2.30. The number of nitrogens with zero attached hydrogens (tertiary/aromatic N) is 2. The van der Waals surface area contributed by atoms with Crippen molar-refractivity contribution in [2.24, 2.45) is 0 Å². The van der Waals surface area contributed by atoms with Gasteiger partial charge in [-0.2, -0.15) is 0 Å². The Morgan fingerprint density at radius 2 is 1.90 bits per heavy atom. The maximum atomic E-state index is 5.86. The van der Waals surface area contributed by atoms with Gasteiger partial charge < -0.3 is 10.1 Å². The van der Waals surface area contributed by atoms with Gasteiger partial charge in [-0.25, -0.2) is 9.97 Å². The second-order valence-corrected chi connectivity index (χ2v) is 5.68. The van der Waals surface area contributed by atoms with Crippen molar-refractivity contribution in [3.8, 4) is 5.88 Å². The lowest BCUT2D eigenvalue weighted by atomic mass is 10.1. The standard InChI is InChI=1S/C15H18BrN3O/c1-10(2)13-14(17-3)18-9-19-15(13)20-8-11-4-6-12(16)7-5-11/h4-7,9-10H,8H2,1-3H3,(H,17,18,19). The van der Waals surface area contributed by atoms with E-state index in [4.69, 9.17) is 4.74 Å². The minimum absolute atomic E-state index is 0.290. The third-order valence-electron chi connectivity index (χ3n) is 2.95. The molecule has 1 N–H and O–H groups in total. The maximum Gasteiger partial charge on any atom is 0.222 e. The molecule has 1 aromatic heterocycles. The van der Waals surface area contributed by atoms with Crippen LogP contribution >= 0.6 is 15.9 Å². The fraction of sp³-hybridized carbons (Fsp3) is 0.333. The molecule has 0 unspecified atom stereocenters. The molecule has 0 aliphatic heterocycles. The summed E-state index contributed by atoms with van der Waals surface area (Å²) in [5.74, 6) is 1.75. The monoisotopic (exact) mass is 335 g/mol. The van der Waals surface area contributed by atoms with Gasteiger partial charge in [-0.15, -0.1) is 0 Å². The molecule has 0 amide bonds. The van der Waals surface area contributed by atoms with Crippen LogP contribution < -0.4 is 10.1 Å². The average Bonchev–Trinajstić information content (AvgIpc) is 2.46. The molecule has 4 nitrogen and oxygen atoms in total. The van der Waals surface area contributed by atoms with Gasteiger partial charge in [-0.1, -0.05) is 41.9 Å². The van der Waals surface area contributed by atoms with Gasteiger partial charge in [0.15, 0.2) is 0 Å². The fourth-order valence-electron chi connectivity index (χ4n) is 1.95. The van der Waals surface area contributed by atoms with Crippen LogP contribution in [0.2, 0.25) is 0 Å². The molecular formula is C15H18BrN3O. The predicted molar refractivity (Wildman–Crippen MR) is 84.1 cm³/mol. The highest BCUT2D eigenvalue weighted by atomic mass is 79.9. The van der Waals surface area contributed by atoms with E-state index in [0.717, 1.165) is 21.4 Å². The van der Waals surface area contributed by atoms with Crippen molar-refractivity contribution in [3.63, 3.8) is 0 Å². The molecule has 0 aliphatic rings. The first-order valence-corrected chi connectivity index (χ1v) is 7.31. The number of anilines is 1. The maximum absolute atomic E-state index is 5.86. The Morgan fingerprint density at radius 1 is 1.20 bits per heavy atom. The van der Waals surface area contributed by atoms with Gasteiger partial charge in [-0.3, -0.25) is 0 Å². The molecular weight excluding hydrogens is 318 g/mol. The van der Waals surface area contributed by atoms with Crippen LogP contribution in [-0.2, 0) is 6.61 Å². The highest BCUT2D eigenvalue weighted by molar-refractivity contribution is 9.10. The number of halogens is 1. The van der Waals surface area contributed by atoms with Crippen molar-refractivity contribution in [1.82, 2.24) is 9.97 Å². The van der Waals surface area contributed by atoms with Gasteiger partial charge in [0.25, 0.3) is 0 Å². The molecule has 2 rings (SSSR count). The Hall–Kier alpha value is -1.62. The number of hydrogen-bond acceptors (Lipinski definition) is 4. The number of ether oxygens (including phenoxy) is 1. The summed E-state index contributed by atoms with van der Waals surface area (Å²) in [6.07, 6.45) is 1.52. The molecule has 0 spiro atoms. The number of hydrogen-bond donors (Lipinski definition) is 1. The summed E-state index contributed by atoms with van der Waals surface area (Å²) in [6, 6.07) is 8.06. The van der Waals surface area contributed by atoms with Crippen LogP contribution in [0, 0.1) is 0 Å². The van der Waals surface area contributed by atoms with Crippen molar-refractivity contribution < 1.29 is 4.74 Å². The van der Waals surface area contributed by atoms with E-state index in [1.165, 1.54) is 6.33 Å². The van der Waals surface area contributed by atoms with Crippen LogP contribution in [0.25, 0.3) is 0 Å². The first kappa shape index (κ1) is 14.8. The summed E-state index contributed by atoms with van der Waals surface area (Å²) in [5, 5.41) is 3.09. The summed E-state index contributed by atoms with van der Waals surface area (Å²) >= 11 is 3.42. The summed E-state index contributed by atoms with van der Waals surface area (Å²) in [7, 11) is 1.85. The lowest BCUT2D eigenvalue weighted by molar-refractivity contribution is 0.289. The van der Waals surface area contributed by atoms with Crippen LogP contribution in [0.3, 0.4) is 0 Å². The van der Waals surface area contributed by atoms with Crippen LogP contribution in [-0.4, -0.2) is 17.0 Å². The molecule has 0 bridgehead atoms. The van der Waals surface area contributed by atoms with E-state index in [9.17, 15) is 0 Å². The van der Waals surface area contributed by atoms with E-state index < -0.39 is 0 Å². The quantitative estimate of drug-likeness (QED) is 0.897. The minimum atomic E-state index is 0.290. The van der Waals surface area contributed by atoms with Crippen molar-refractivity contribution in [2.75, 3.05) is 12.4 Å². The van der Waals surface area contributed by atoms with Gasteiger partial charge >= 0.3 is 0 Å². The van der Waals surface area contributed by atoms with E-state index in [1.807, 2.05) is 31.3 Å². The molecule has 0 atom stereocenters. The number of benzene rings is 1. The molecule has 0 radical (unpaired) electrons. The molecule has 0 fully saturated rings. The molecule has 0 saturated heterocycles. The Morgan fingerprint density at radius 3 is 2.50 bits per heavy atom. The van der Waals surface area contributed by atoms with Crippen LogP contribution in [0.4, 0.5) is 5.82 Å². The molecule has 0 saturated carbocycles.